The first-order chi connectivity index (χ1) is 10.0. The van der Waals surface area contributed by atoms with Crippen LogP contribution in [0.25, 0.3) is 0 Å². The SMILES string of the molecule is O=C(CC(=O)Nc1cccc(Br)c1)Nc1cccc(Br)c1. The van der Waals surface area contributed by atoms with Gasteiger partial charge in [0.15, 0.2) is 0 Å². The van der Waals surface area contributed by atoms with Gasteiger partial charge >= 0.3 is 0 Å². The number of hydrogen-bond donors (Lipinski definition) is 2. The molecule has 6 heteroatoms. The Morgan fingerprint density at radius 3 is 1.62 bits per heavy atom. The smallest absolute Gasteiger partial charge is 0.233 e. The van der Waals surface area contributed by atoms with E-state index in [-0.39, 0.29) is 18.2 Å². The van der Waals surface area contributed by atoms with Crippen molar-refractivity contribution in [2.45, 2.75) is 6.42 Å². The molecule has 0 spiro atoms. The monoisotopic (exact) mass is 410 g/mol. The number of carbonyl (C=O) groups is 2. The van der Waals surface area contributed by atoms with Crippen LogP contribution in [0.5, 0.6) is 0 Å². The minimum absolute atomic E-state index is 0.237. The third-order valence-electron chi connectivity index (χ3n) is 2.54. The van der Waals surface area contributed by atoms with Crippen LogP contribution < -0.4 is 10.6 Å². The van der Waals surface area contributed by atoms with Crippen molar-refractivity contribution in [3.05, 3.63) is 57.5 Å². The number of anilines is 2. The zero-order chi connectivity index (χ0) is 15.2. The number of nitrogens with one attached hydrogen (secondary N) is 2. The Morgan fingerprint density at radius 1 is 0.810 bits per heavy atom. The van der Waals surface area contributed by atoms with Gasteiger partial charge in [0.05, 0.1) is 0 Å². The third-order valence-corrected chi connectivity index (χ3v) is 3.52. The Morgan fingerprint density at radius 2 is 1.24 bits per heavy atom. The summed E-state index contributed by atoms with van der Waals surface area (Å²) in [5, 5.41) is 5.34. The van der Waals surface area contributed by atoms with Gasteiger partial charge in [-0.1, -0.05) is 44.0 Å². The molecule has 0 fully saturated rings. The summed E-state index contributed by atoms with van der Waals surface area (Å²) in [6, 6.07) is 14.4. The molecule has 0 aromatic heterocycles. The number of benzene rings is 2. The van der Waals surface area contributed by atoms with Gasteiger partial charge in [0.25, 0.3) is 0 Å². The first-order valence-electron chi connectivity index (χ1n) is 6.14. The van der Waals surface area contributed by atoms with Crippen LogP contribution in [-0.2, 0) is 9.59 Å². The van der Waals surface area contributed by atoms with Gasteiger partial charge in [-0.05, 0) is 36.4 Å². The number of amides is 2. The van der Waals surface area contributed by atoms with Crippen LogP contribution in [-0.4, -0.2) is 11.8 Å². The van der Waals surface area contributed by atoms with E-state index in [0.717, 1.165) is 8.95 Å². The lowest BCUT2D eigenvalue weighted by Gasteiger charge is -2.07. The van der Waals surface area contributed by atoms with Gasteiger partial charge < -0.3 is 10.6 Å². The molecule has 0 atom stereocenters. The maximum absolute atomic E-state index is 11.8. The minimum Gasteiger partial charge on any atom is -0.326 e. The molecule has 2 aromatic carbocycles. The molecule has 108 valence electrons. The Bertz CT molecular complexity index is 617. The molecule has 2 aromatic rings. The summed E-state index contributed by atoms with van der Waals surface area (Å²) in [4.78, 5) is 23.6. The minimum atomic E-state index is -0.361. The maximum atomic E-state index is 11.8. The second-order valence-electron chi connectivity index (χ2n) is 4.29. The molecule has 2 rings (SSSR count). The standard InChI is InChI=1S/C15H12Br2N2O2/c16-10-3-1-5-12(7-10)18-14(20)9-15(21)19-13-6-2-4-11(17)8-13/h1-8H,9H2,(H,18,20)(H,19,21). The molecular formula is C15H12Br2N2O2. The third kappa shape index (κ3) is 5.32. The van der Waals surface area contributed by atoms with E-state index in [2.05, 4.69) is 42.5 Å². The second kappa shape index (κ2) is 7.38. The van der Waals surface area contributed by atoms with E-state index in [1.165, 1.54) is 0 Å². The van der Waals surface area contributed by atoms with Crippen molar-refractivity contribution < 1.29 is 9.59 Å². The summed E-state index contributed by atoms with van der Waals surface area (Å²) in [6.07, 6.45) is -0.237. The molecule has 0 radical (unpaired) electrons. The van der Waals surface area contributed by atoms with Crippen molar-refractivity contribution in [1.82, 2.24) is 0 Å². The number of halogens is 2. The summed E-state index contributed by atoms with van der Waals surface area (Å²) >= 11 is 6.64. The van der Waals surface area contributed by atoms with Crippen molar-refractivity contribution >= 4 is 55.0 Å². The predicted molar refractivity (Wildman–Crippen MR) is 90.2 cm³/mol. The van der Waals surface area contributed by atoms with E-state index in [4.69, 9.17) is 0 Å². The number of rotatable bonds is 4. The molecular weight excluding hydrogens is 400 g/mol. The average molecular weight is 412 g/mol. The Hall–Kier alpha value is -1.66. The first kappa shape index (κ1) is 15.7. The fourth-order valence-corrected chi connectivity index (χ4v) is 2.49. The number of hydrogen-bond acceptors (Lipinski definition) is 2. The van der Waals surface area contributed by atoms with Gasteiger partial charge in [0.2, 0.25) is 11.8 Å². The van der Waals surface area contributed by atoms with E-state index < -0.39 is 0 Å². The van der Waals surface area contributed by atoms with Crippen molar-refractivity contribution in [2.75, 3.05) is 10.6 Å². The van der Waals surface area contributed by atoms with Crippen LogP contribution in [0.4, 0.5) is 11.4 Å². The second-order valence-corrected chi connectivity index (χ2v) is 6.13. The Kier molecular flexibility index (Phi) is 5.52. The zero-order valence-corrected chi connectivity index (χ0v) is 14.1. The zero-order valence-electron chi connectivity index (χ0n) is 10.9. The lowest BCUT2D eigenvalue weighted by atomic mass is 10.3. The Balaban J connectivity index is 1.89. The summed E-state index contributed by atoms with van der Waals surface area (Å²) < 4.78 is 1.72. The van der Waals surface area contributed by atoms with Crippen LogP contribution in [0.2, 0.25) is 0 Å². The van der Waals surface area contributed by atoms with Crippen molar-refractivity contribution in [1.29, 1.82) is 0 Å². The molecule has 0 aliphatic rings. The lowest BCUT2D eigenvalue weighted by Crippen LogP contribution is -2.21. The molecule has 0 aliphatic heterocycles. The van der Waals surface area contributed by atoms with Crippen molar-refractivity contribution in [3.8, 4) is 0 Å². The largest absolute Gasteiger partial charge is 0.326 e. The van der Waals surface area contributed by atoms with Crippen molar-refractivity contribution in [3.63, 3.8) is 0 Å². The van der Waals surface area contributed by atoms with Crippen LogP contribution >= 0.6 is 31.9 Å². The highest BCUT2D eigenvalue weighted by atomic mass is 79.9. The van der Waals surface area contributed by atoms with Crippen LogP contribution in [0.1, 0.15) is 6.42 Å². The summed E-state index contributed by atoms with van der Waals surface area (Å²) in [6.45, 7) is 0. The molecule has 0 unspecified atom stereocenters. The quantitative estimate of drug-likeness (QED) is 0.741. The molecule has 4 nitrogen and oxygen atoms in total. The molecule has 21 heavy (non-hydrogen) atoms. The van der Waals surface area contributed by atoms with E-state index in [9.17, 15) is 9.59 Å². The molecule has 0 saturated heterocycles. The van der Waals surface area contributed by atoms with E-state index >= 15 is 0 Å². The first-order valence-corrected chi connectivity index (χ1v) is 7.72. The normalized spacial score (nSPS) is 10.0. The van der Waals surface area contributed by atoms with Crippen LogP contribution in [0.3, 0.4) is 0 Å². The summed E-state index contributed by atoms with van der Waals surface area (Å²) in [5.41, 5.74) is 1.29. The highest BCUT2D eigenvalue weighted by Gasteiger charge is 2.10. The molecule has 0 bridgehead atoms. The van der Waals surface area contributed by atoms with Crippen LogP contribution in [0, 0.1) is 0 Å². The van der Waals surface area contributed by atoms with E-state index in [1.54, 1.807) is 36.4 Å². The molecule has 0 saturated carbocycles. The van der Waals surface area contributed by atoms with Crippen molar-refractivity contribution in [2.24, 2.45) is 0 Å². The average Bonchev–Trinajstić information content (AvgIpc) is 2.38. The fourth-order valence-electron chi connectivity index (χ4n) is 1.69. The Labute approximate surface area is 139 Å². The number of carbonyl (C=O) groups excluding carboxylic acids is 2. The predicted octanol–water partition coefficient (Wildman–Crippen LogP) is 4.18. The lowest BCUT2D eigenvalue weighted by molar-refractivity contribution is -0.123. The highest BCUT2D eigenvalue weighted by molar-refractivity contribution is 9.10. The highest BCUT2D eigenvalue weighted by Crippen LogP contribution is 2.17. The maximum Gasteiger partial charge on any atom is 0.233 e. The summed E-state index contributed by atoms with van der Waals surface area (Å²) in [7, 11) is 0. The molecule has 0 heterocycles. The van der Waals surface area contributed by atoms with Gasteiger partial charge in [0.1, 0.15) is 6.42 Å². The van der Waals surface area contributed by atoms with Gasteiger partial charge in [0, 0.05) is 20.3 Å². The fraction of sp³-hybridized carbons (Fsp3) is 0.0667. The molecule has 2 N–H and O–H groups in total. The van der Waals surface area contributed by atoms with Gasteiger partial charge in [-0.25, -0.2) is 0 Å². The topological polar surface area (TPSA) is 58.2 Å². The van der Waals surface area contributed by atoms with E-state index in [1.807, 2.05) is 12.1 Å². The van der Waals surface area contributed by atoms with Gasteiger partial charge in [-0.3, -0.25) is 9.59 Å². The van der Waals surface area contributed by atoms with Gasteiger partial charge in [-0.15, -0.1) is 0 Å². The molecule has 2 amide bonds. The summed E-state index contributed by atoms with van der Waals surface area (Å²) in [5.74, 6) is -0.721. The van der Waals surface area contributed by atoms with Gasteiger partial charge in [-0.2, -0.15) is 0 Å². The van der Waals surface area contributed by atoms with Crippen LogP contribution in [0.15, 0.2) is 57.5 Å². The van der Waals surface area contributed by atoms with E-state index in [0.29, 0.717) is 11.4 Å². The molecule has 0 aliphatic carbocycles.